The maximum Gasteiger partial charge on any atom is 0.249 e. The molecule has 250 valence electrons. The molecule has 0 spiro atoms. The molecule has 0 bridgehead atoms. The SMILES string of the molecule is CN[C@@H]1[C@@H](O)[C@@H](O[C@@H]2[C@@H](O)[C@H](C3OC(CN)=CC[C@H]3NS(=O)(=O)CCN)[C@@H](N)C[C@H]2NC(=O)[C@@H](O)CCN)OC[C@]1(C)O. The molecule has 17 nitrogen and oxygen atoms in total. The Labute approximate surface area is 251 Å². The number of carbonyl (C=O) groups is 1. The van der Waals surface area contributed by atoms with Gasteiger partial charge in [0, 0.05) is 18.5 Å². The molecular weight excluding hydrogens is 590 g/mol. The molecular formula is C25H49N7O10S. The summed E-state index contributed by atoms with van der Waals surface area (Å²) in [6, 6.07) is -3.56. The van der Waals surface area contributed by atoms with E-state index < -0.39 is 88.4 Å². The maximum absolute atomic E-state index is 12.8. The monoisotopic (exact) mass is 639 g/mol. The number of ether oxygens (including phenoxy) is 3. The number of nitrogens with one attached hydrogen (secondary N) is 3. The second-order valence-corrected chi connectivity index (χ2v) is 13.5. The van der Waals surface area contributed by atoms with E-state index in [0.29, 0.717) is 5.76 Å². The zero-order chi connectivity index (χ0) is 32.1. The number of hydrogen-bond donors (Lipinski definition) is 11. The number of sulfonamides is 1. The van der Waals surface area contributed by atoms with Crippen molar-refractivity contribution in [3.8, 4) is 0 Å². The molecule has 2 aliphatic heterocycles. The predicted octanol–water partition coefficient (Wildman–Crippen LogP) is -5.79. The number of amides is 1. The van der Waals surface area contributed by atoms with Crippen molar-refractivity contribution in [3.05, 3.63) is 11.8 Å². The molecule has 3 aliphatic rings. The molecule has 12 atom stereocenters. The first-order valence-corrected chi connectivity index (χ1v) is 16.1. The molecule has 1 unspecified atom stereocenters. The molecule has 3 rings (SSSR count). The molecule has 15 N–H and O–H groups in total. The first kappa shape index (κ1) is 36.0. The van der Waals surface area contributed by atoms with Crippen molar-refractivity contribution in [2.24, 2.45) is 28.9 Å². The Morgan fingerprint density at radius 3 is 2.51 bits per heavy atom. The largest absolute Gasteiger partial charge is 0.492 e. The van der Waals surface area contributed by atoms with Crippen molar-refractivity contribution in [3.63, 3.8) is 0 Å². The van der Waals surface area contributed by atoms with Crippen LogP contribution in [0.5, 0.6) is 0 Å². The molecule has 0 aromatic rings. The van der Waals surface area contributed by atoms with Gasteiger partial charge in [0.2, 0.25) is 15.9 Å². The number of nitrogens with two attached hydrogens (primary N) is 4. The van der Waals surface area contributed by atoms with Gasteiger partial charge in [0.1, 0.15) is 35.8 Å². The van der Waals surface area contributed by atoms with Crippen LogP contribution in [0.1, 0.15) is 26.2 Å². The van der Waals surface area contributed by atoms with E-state index in [1.807, 2.05) is 0 Å². The van der Waals surface area contributed by atoms with Crippen LogP contribution < -0.4 is 38.3 Å². The van der Waals surface area contributed by atoms with Gasteiger partial charge in [-0.05, 0) is 45.9 Å². The lowest BCUT2D eigenvalue weighted by Gasteiger charge is -2.50. The van der Waals surface area contributed by atoms with Crippen LogP contribution in [0.25, 0.3) is 0 Å². The Morgan fingerprint density at radius 2 is 1.91 bits per heavy atom. The van der Waals surface area contributed by atoms with Gasteiger partial charge in [0.15, 0.2) is 6.29 Å². The Morgan fingerprint density at radius 1 is 1.21 bits per heavy atom. The van der Waals surface area contributed by atoms with Crippen LogP contribution in [-0.2, 0) is 29.0 Å². The minimum atomic E-state index is -3.82. The van der Waals surface area contributed by atoms with E-state index in [9.17, 15) is 33.6 Å². The molecule has 0 aromatic carbocycles. The van der Waals surface area contributed by atoms with Gasteiger partial charge in [0.05, 0.1) is 43.1 Å². The number of aliphatic hydroxyl groups is 4. The molecule has 2 heterocycles. The van der Waals surface area contributed by atoms with Gasteiger partial charge in [-0.1, -0.05) is 0 Å². The smallest absolute Gasteiger partial charge is 0.249 e. The Bertz CT molecular complexity index is 1070. The maximum atomic E-state index is 12.8. The van der Waals surface area contributed by atoms with Crippen molar-refractivity contribution in [2.45, 2.75) is 92.8 Å². The summed E-state index contributed by atoms with van der Waals surface area (Å²) in [5.41, 5.74) is 21.9. The van der Waals surface area contributed by atoms with Crippen molar-refractivity contribution in [2.75, 3.05) is 39.0 Å². The summed E-state index contributed by atoms with van der Waals surface area (Å²) < 4.78 is 45.7. The highest BCUT2D eigenvalue weighted by Crippen LogP contribution is 2.37. The van der Waals surface area contributed by atoms with Crippen molar-refractivity contribution < 1.29 is 47.8 Å². The van der Waals surface area contributed by atoms with E-state index in [2.05, 4.69) is 15.4 Å². The van der Waals surface area contributed by atoms with Gasteiger partial charge < -0.3 is 68.2 Å². The van der Waals surface area contributed by atoms with Crippen LogP contribution in [0.4, 0.5) is 0 Å². The zero-order valence-electron chi connectivity index (χ0n) is 24.5. The summed E-state index contributed by atoms with van der Waals surface area (Å²) in [4.78, 5) is 12.8. The summed E-state index contributed by atoms with van der Waals surface area (Å²) >= 11 is 0. The third-order valence-corrected chi connectivity index (χ3v) is 9.67. The summed E-state index contributed by atoms with van der Waals surface area (Å²) in [6.07, 6.45) is -6.14. The van der Waals surface area contributed by atoms with E-state index in [0.717, 1.165) is 0 Å². The third kappa shape index (κ3) is 8.60. The lowest BCUT2D eigenvalue weighted by atomic mass is 9.72. The Kier molecular flexibility index (Phi) is 12.7. The first-order valence-electron chi connectivity index (χ1n) is 14.4. The van der Waals surface area contributed by atoms with E-state index in [4.69, 9.17) is 37.1 Å². The minimum absolute atomic E-state index is 0.00721. The van der Waals surface area contributed by atoms with Crippen LogP contribution in [-0.4, -0.2) is 140 Å². The van der Waals surface area contributed by atoms with Crippen molar-refractivity contribution >= 4 is 15.9 Å². The Hall–Kier alpha value is -1.52. The lowest BCUT2D eigenvalue weighted by molar-refractivity contribution is -0.297. The average molecular weight is 640 g/mol. The van der Waals surface area contributed by atoms with Gasteiger partial charge in [-0.15, -0.1) is 0 Å². The van der Waals surface area contributed by atoms with E-state index in [-0.39, 0.29) is 51.3 Å². The number of hydrogen-bond acceptors (Lipinski definition) is 15. The van der Waals surface area contributed by atoms with E-state index in [1.54, 1.807) is 13.1 Å². The van der Waals surface area contributed by atoms with Crippen LogP contribution in [0, 0.1) is 5.92 Å². The molecule has 2 fully saturated rings. The number of aliphatic hydroxyl groups excluding tert-OH is 3. The van der Waals surface area contributed by atoms with Crippen molar-refractivity contribution in [1.29, 1.82) is 0 Å². The Balaban J connectivity index is 1.95. The fourth-order valence-corrected chi connectivity index (χ4v) is 7.19. The second kappa shape index (κ2) is 15.2. The molecule has 43 heavy (non-hydrogen) atoms. The highest BCUT2D eigenvalue weighted by molar-refractivity contribution is 7.89. The van der Waals surface area contributed by atoms with Crippen LogP contribution >= 0.6 is 0 Å². The van der Waals surface area contributed by atoms with Gasteiger partial charge in [-0.25, -0.2) is 13.1 Å². The minimum Gasteiger partial charge on any atom is -0.492 e. The van der Waals surface area contributed by atoms with Crippen molar-refractivity contribution in [1.82, 2.24) is 15.4 Å². The quantitative estimate of drug-likeness (QED) is 0.0894. The molecule has 1 amide bonds. The average Bonchev–Trinajstić information content (AvgIpc) is 2.92. The van der Waals surface area contributed by atoms with Crippen LogP contribution in [0.3, 0.4) is 0 Å². The van der Waals surface area contributed by atoms with Gasteiger partial charge in [0.25, 0.3) is 0 Å². The highest BCUT2D eigenvalue weighted by Gasteiger charge is 2.54. The lowest BCUT2D eigenvalue weighted by Crippen LogP contribution is -2.70. The molecule has 1 saturated carbocycles. The first-order chi connectivity index (χ1) is 20.2. The van der Waals surface area contributed by atoms with E-state index >= 15 is 0 Å². The topological polar surface area (TPSA) is 300 Å². The summed E-state index contributed by atoms with van der Waals surface area (Å²) in [5, 5.41) is 49.2. The summed E-state index contributed by atoms with van der Waals surface area (Å²) in [7, 11) is -2.27. The van der Waals surface area contributed by atoms with Gasteiger partial charge in [-0.3, -0.25) is 4.79 Å². The molecule has 0 aromatic heterocycles. The summed E-state index contributed by atoms with van der Waals surface area (Å²) in [5.74, 6) is -1.68. The fraction of sp³-hybridized carbons (Fsp3) is 0.880. The second-order valence-electron chi connectivity index (χ2n) is 11.6. The molecule has 1 saturated heterocycles. The number of likely N-dealkylation sites (N-methyl/N-ethyl adjacent to an activating group) is 1. The zero-order valence-corrected chi connectivity index (χ0v) is 25.4. The van der Waals surface area contributed by atoms with Crippen LogP contribution in [0.2, 0.25) is 0 Å². The normalized spacial score (nSPS) is 39.4. The number of carbonyl (C=O) groups excluding carboxylic acids is 1. The standard InChI is InChI=1S/C25H49N7O10S/c1-25(37)11-40-24(19(35)22(25)30-2)42-21-15(31-23(36)16(33)5-6-26)9-13(29)17(18(21)34)20-14(4-3-12(10-28)41-20)32-43(38,39)8-7-27/h3,13-22,24,30,32-35,37H,4-11,26-29H2,1-2H3,(H,31,36)/t13-,14+,15+,16-,17+,18-,19+,20?,21-,22+,24+,25-/m0/s1. The number of rotatable bonds is 13. The highest BCUT2D eigenvalue weighted by atomic mass is 32.2. The molecule has 18 heteroatoms. The molecule has 1 aliphatic carbocycles. The van der Waals surface area contributed by atoms with Crippen LogP contribution in [0.15, 0.2) is 11.8 Å². The molecule has 0 radical (unpaired) electrons. The predicted molar refractivity (Wildman–Crippen MR) is 154 cm³/mol. The van der Waals surface area contributed by atoms with Gasteiger partial charge >= 0.3 is 0 Å². The van der Waals surface area contributed by atoms with Gasteiger partial charge in [-0.2, -0.15) is 0 Å². The fourth-order valence-electron chi connectivity index (χ4n) is 6.07. The summed E-state index contributed by atoms with van der Waals surface area (Å²) in [6.45, 7) is 1.21. The third-order valence-electron chi connectivity index (χ3n) is 8.23. The van der Waals surface area contributed by atoms with E-state index in [1.165, 1.54) is 6.92 Å².